The third-order valence-corrected chi connectivity index (χ3v) is 6.38. The molecule has 7 heteroatoms. The van der Waals surface area contributed by atoms with E-state index >= 15 is 0 Å². The Morgan fingerprint density at radius 2 is 2.04 bits per heavy atom. The molecule has 0 saturated carbocycles. The van der Waals surface area contributed by atoms with Gasteiger partial charge in [0.15, 0.2) is 17.2 Å². The molecule has 0 N–H and O–H groups in total. The first kappa shape index (κ1) is 19.1. The lowest BCUT2D eigenvalue weighted by molar-refractivity contribution is -0.141. The molecule has 0 aliphatic carbocycles. The number of likely N-dealkylation sites (tertiary alicyclic amines) is 1. The van der Waals surface area contributed by atoms with Crippen molar-refractivity contribution in [2.75, 3.05) is 27.4 Å². The molecule has 3 heterocycles. The second kappa shape index (κ2) is 6.95. The predicted molar refractivity (Wildman–Crippen MR) is 102 cm³/mol. The average molecular weight is 388 g/mol. The van der Waals surface area contributed by atoms with Crippen molar-refractivity contribution < 1.29 is 23.8 Å². The van der Waals surface area contributed by atoms with Gasteiger partial charge in [-0.2, -0.15) is 0 Å². The van der Waals surface area contributed by atoms with Crippen LogP contribution < -0.4 is 9.47 Å². The smallest absolute Gasteiger partial charge is 0.227 e. The summed E-state index contributed by atoms with van der Waals surface area (Å²) < 4.78 is 16.8. The van der Waals surface area contributed by atoms with E-state index < -0.39 is 5.72 Å². The number of amides is 2. The monoisotopic (exact) mass is 388 g/mol. The molecule has 7 nitrogen and oxygen atoms in total. The van der Waals surface area contributed by atoms with Crippen LogP contribution in [0.2, 0.25) is 0 Å². The fraction of sp³-hybridized carbons (Fsp3) is 0.619. The van der Waals surface area contributed by atoms with Gasteiger partial charge in [0.2, 0.25) is 11.8 Å². The van der Waals surface area contributed by atoms with Gasteiger partial charge in [-0.15, -0.1) is 0 Å². The lowest BCUT2D eigenvalue weighted by Crippen LogP contribution is -2.51. The fourth-order valence-corrected chi connectivity index (χ4v) is 4.94. The minimum Gasteiger partial charge on any atom is -0.493 e. The molecule has 0 aromatic heterocycles. The van der Waals surface area contributed by atoms with E-state index in [4.69, 9.17) is 14.2 Å². The first-order chi connectivity index (χ1) is 13.4. The van der Waals surface area contributed by atoms with Crippen LogP contribution in [0.15, 0.2) is 18.2 Å². The summed E-state index contributed by atoms with van der Waals surface area (Å²) >= 11 is 0. The van der Waals surface area contributed by atoms with E-state index in [-0.39, 0.29) is 30.3 Å². The van der Waals surface area contributed by atoms with E-state index in [1.807, 2.05) is 21.9 Å². The van der Waals surface area contributed by atoms with Gasteiger partial charge >= 0.3 is 0 Å². The number of rotatable bonds is 5. The van der Waals surface area contributed by atoms with Crippen molar-refractivity contribution in [3.8, 4) is 11.5 Å². The Hall–Kier alpha value is -2.28. The summed E-state index contributed by atoms with van der Waals surface area (Å²) in [5.41, 5.74) is 0.233. The molecule has 0 unspecified atom stereocenters. The van der Waals surface area contributed by atoms with Crippen LogP contribution in [-0.2, 0) is 20.7 Å². The van der Waals surface area contributed by atoms with Gasteiger partial charge in [0, 0.05) is 13.0 Å². The number of hydrogen-bond donors (Lipinski definition) is 0. The van der Waals surface area contributed by atoms with Crippen molar-refractivity contribution in [3.63, 3.8) is 0 Å². The van der Waals surface area contributed by atoms with Crippen LogP contribution in [-0.4, -0.2) is 66.8 Å². The fourth-order valence-electron chi connectivity index (χ4n) is 4.94. The average Bonchev–Trinajstić information content (AvgIpc) is 3.30. The molecule has 1 aromatic rings. The zero-order valence-electron chi connectivity index (χ0n) is 16.9. The predicted octanol–water partition coefficient (Wildman–Crippen LogP) is 1.83. The van der Waals surface area contributed by atoms with Crippen molar-refractivity contribution in [1.82, 2.24) is 9.80 Å². The number of ether oxygens (including phenoxy) is 3. The normalized spacial score (nSPS) is 28.7. The second-order valence-electron chi connectivity index (χ2n) is 8.15. The van der Waals surface area contributed by atoms with Gasteiger partial charge in [-0.3, -0.25) is 9.59 Å². The summed E-state index contributed by atoms with van der Waals surface area (Å²) in [6, 6.07) is 5.41. The molecule has 3 aliphatic rings. The largest absolute Gasteiger partial charge is 0.493 e. The van der Waals surface area contributed by atoms with Gasteiger partial charge in [-0.25, -0.2) is 0 Å². The summed E-state index contributed by atoms with van der Waals surface area (Å²) in [6.07, 6.45) is 1.29. The number of benzene rings is 1. The van der Waals surface area contributed by atoms with Crippen LogP contribution in [0.25, 0.3) is 0 Å². The molecule has 1 spiro atoms. The van der Waals surface area contributed by atoms with Crippen molar-refractivity contribution in [1.29, 1.82) is 0 Å². The number of nitrogens with zero attached hydrogens (tertiary/aromatic N) is 2. The molecule has 3 aliphatic heterocycles. The number of hydrogen-bond acceptors (Lipinski definition) is 5. The standard InChI is InChI=1S/C21H28N2O5/c1-13(2)15-12-28-21-7-8-22(18(21)11-20(25)23(15)21)19(24)10-14-5-6-16(26-3)17(9-14)27-4/h5-6,9,13,15,18H,7-8,10-12H2,1-4H3/t15-,18+,21-/m0/s1. The number of methoxy groups -OCH3 is 2. The molecule has 152 valence electrons. The first-order valence-corrected chi connectivity index (χ1v) is 9.87. The number of carbonyl (C=O) groups is 2. The van der Waals surface area contributed by atoms with Crippen molar-refractivity contribution >= 4 is 11.8 Å². The lowest BCUT2D eigenvalue weighted by atomic mass is 10.0. The molecule has 4 rings (SSSR count). The zero-order valence-corrected chi connectivity index (χ0v) is 16.9. The molecule has 28 heavy (non-hydrogen) atoms. The van der Waals surface area contributed by atoms with Gasteiger partial charge in [0.25, 0.3) is 0 Å². The first-order valence-electron chi connectivity index (χ1n) is 9.87. The SMILES string of the molecule is COc1ccc(CC(=O)N2CC[C@@]34OC[C@@H](C(C)C)N3C(=O)C[C@@H]24)cc1OC. The van der Waals surface area contributed by atoms with Crippen LogP contribution >= 0.6 is 0 Å². The van der Waals surface area contributed by atoms with Gasteiger partial charge in [-0.05, 0) is 23.6 Å². The molecule has 0 bridgehead atoms. The van der Waals surface area contributed by atoms with E-state index in [0.717, 1.165) is 5.56 Å². The third-order valence-electron chi connectivity index (χ3n) is 6.38. The summed E-state index contributed by atoms with van der Waals surface area (Å²) in [5.74, 6) is 1.69. The molecular formula is C21H28N2O5. The molecule has 3 fully saturated rings. The molecule has 1 aromatic carbocycles. The maximum atomic E-state index is 13.1. The van der Waals surface area contributed by atoms with Crippen LogP contribution in [0, 0.1) is 5.92 Å². The minimum atomic E-state index is -0.626. The topological polar surface area (TPSA) is 68.3 Å². The Kier molecular flexibility index (Phi) is 4.73. The van der Waals surface area contributed by atoms with Crippen LogP contribution in [0.5, 0.6) is 11.5 Å². The van der Waals surface area contributed by atoms with E-state index in [9.17, 15) is 9.59 Å². The maximum absolute atomic E-state index is 13.1. The van der Waals surface area contributed by atoms with Crippen molar-refractivity contribution in [2.45, 2.75) is 50.9 Å². The Balaban J connectivity index is 1.52. The summed E-state index contributed by atoms with van der Waals surface area (Å²) in [6.45, 7) is 5.40. The highest BCUT2D eigenvalue weighted by molar-refractivity contribution is 5.86. The van der Waals surface area contributed by atoms with Crippen LogP contribution in [0.3, 0.4) is 0 Å². The number of carbonyl (C=O) groups excluding carboxylic acids is 2. The van der Waals surface area contributed by atoms with E-state index in [2.05, 4.69) is 13.8 Å². The molecule has 2 amide bonds. The highest BCUT2D eigenvalue weighted by Gasteiger charge is 2.65. The van der Waals surface area contributed by atoms with E-state index in [1.54, 1.807) is 20.3 Å². The van der Waals surface area contributed by atoms with Gasteiger partial charge in [-0.1, -0.05) is 19.9 Å². The van der Waals surface area contributed by atoms with Gasteiger partial charge in [0.05, 0.1) is 45.8 Å². The Morgan fingerprint density at radius 3 is 2.71 bits per heavy atom. The molecule has 3 atom stereocenters. The molecule has 0 radical (unpaired) electrons. The molecule has 3 saturated heterocycles. The van der Waals surface area contributed by atoms with Crippen LogP contribution in [0.1, 0.15) is 32.3 Å². The minimum absolute atomic E-state index is 0.0142. The quantitative estimate of drug-likeness (QED) is 0.770. The summed E-state index contributed by atoms with van der Waals surface area (Å²) in [5, 5.41) is 0. The maximum Gasteiger partial charge on any atom is 0.227 e. The summed E-state index contributed by atoms with van der Waals surface area (Å²) in [7, 11) is 3.16. The van der Waals surface area contributed by atoms with E-state index in [0.29, 0.717) is 43.4 Å². The highest BCUT2D eigenvalue weighted by Crippen LogP contribution is 2.49. The highest BCUT2D eigenvalue weighted by atomic mass is 16.5. The van der Waals surface area contributed by atoms with Crippen LogP contribution in [0.4, 0.5) is 0 Å². The summed E-state index contributed by atoms with van der Waals surface area (Å²) in [4.78, 5) is 29.6. The molecular weight excluding hydrogens is 360 g/mol. The Labute approximate surface area is 165 Å². The third kappa shape index (κ3) is 2.75. The van der Waals surface area contributed by atoms with E-state index in [1.165, 1.54) is 0 Å². The Bertz CT molecular complexity index is 795. The van der Waals surface area contributed by atoms with Gasteiger partial charge in [0.1, 0.15) is 0 Å². The lowest BCUT2D eigenvalue weighted by Gasteiger charge is -2.34. The Morgan fingerprint density at radius 1 is 1.29 bits per heavy atom. The second-order valence-corrected chi connectivity index (χ2v) is 8.15. The van der Waals surface area contributed by atoms with Crippen molar-refractivity contribution in [3.05, 3.63) is 23.8 Å². The van der Waals surface area contributed by atoms with Gasteiger partial charge < -0.3 is 24.0 Å². The zero-order chi connectivity index (χ0) is 20.1. The van der Waals surface area contributed by atoms with Crippen molar-refractivity contribution in [2.24, 2.45) is 5.92 Å².